The number of aromatic nitrogens is 3. The quantitative estimate of drug-likeness (QED) is 0.801. The van der Waals surface area contributed by atoms with E-state index in [-0.39, 0.29) is 9.92 Å². The van der Waals surface area contributed by atoms with Crippen molar-refractivity contribution in [3.63, 3.8) is 0 Å². The van der Waals surface area contributed by atoms with Gasteiger partial charge in [0.05, 0.1) is 21.7 Å². The monoisotopic (exact) mass is 320 g/mol. The van der Waals surface area contributed by atoms with Crippen LogP contribution in [0.15, 0.2) is 53.9 Å². The zero-order valence-corrected chi connectivity index (χ0v) is 12.1. The van der Waals surface area contributed by atoms with Crippen LogP contribution in [0.3, 0.4) is 0 Å². The van der Waals surface area contributed by atoms with Gasteiger partial charge in [-0.25, -0.2) is 8.42 Å². The van der Waals surface area contributed by atoms with Crippen LogP contribution in [0.2, 0.25) is 5.02 Å². The summed E-state index contributed by atoms with van der Waals surface area (Å²) in [5.74, 6) is 0. The summed E-state index contributed by atoms with van der Waals surface area (Å²) in [6.45, 7) is 0. The van der Waals surface area contributed by atoms with E-state index in [1.807, 2.05) is 0 Å². The Hall–Kier alpha value is -2.25. The number of pyridine rings is 1. The first-order valence-corrected chi connectivity index (χ1v) is 7.75. The fourth-order valence-corrected chi connectivity index (χ4v) is 3.28. The van der Waals surface area contributed by atoms with E-state index >= 15 is 0 Å². The predicted molar refractivity (Wildman–Crippen MR) is 79.6 cm³/mol. The van der Waals surface area contributed by atoms with Gasteiger partial charge in [0, 0.05) is 24.8 Å². The van der Waals surface area contributed by atoms with Crippen molar-refractivity contribution in [2.45, 2.75) is 4.90 Å². The molecule has 0 bridgehead atoms. The van der Waals surface area contributed by atoms with Gasteiger partial charge in [-0.05, 0) is 24.3 Å². The van der Waals surface area contributed by atoms with Crippen molar-refractivity contribution in [2.24, 2.45) is 0 Å². The Labute approximate surface area is 125 Å². The molecule has 0 saturated heterocycles. The minimum atomic E-state index is -3.81. The molecule has 0 unspecified atom stereocenters. The van der Waals surface area contributed by atoms with Crippen LogP contribution in [0.5, 0.6) is 0 Å². The summed E-state index contributed by atoms with van der Waals surface area (Å²) in [4.78, 5) is 11.9. The zero-order valence-electron chi connectivity index (χ0n) is 10.6. The molecular formula is C13H9ClN4O2S. The van der Waals surface area contributed by atoms with Crippen molar-refractivity contribution in [3.8, 4) is 0 Å². The van der Waals surface area contributed by atoms with Crippen LogP contribution in [-0.2, 0) is 10.0 Å². The molecule has 0 atom stereocenters. The van der Waals surface area contributed by atoms with Crippen LogP contribution in [-0.4, -0.2) is 23.4 Å². The van der Waals surface area contributed by atoms with Gasteiger partial charge in [0.15, 0.2) is 0 Å². The predicted octanol–water partition coefficient (Wildman–Crippen LogP) is 2.48. The van der Waals surface area contributed by atoms with Gasteiger partial charge in [0.2, 0.25) is 0 Å². The van der Waals surface area contributed by atoms with E-state index in [1.54, 1.807) is 30.6 Å². The molecule has 2 aromatic heterocycles. The fraction of sp³-hybridized carbons (Fsp3) is 0. The second-order valence-corrected chi connectivity index (χ2v) is 6.23. The topological polar surface area (TPSA) is 84.8 Å². The highest BCUT2D eigenvalue weighted by atomic mass is 35.5. The highest BCUT2D eigenvalue weighted by Gasteiger charge is 2.18. The third kappa shape index (κ3) is 2.79. The van der Waals surface area contributed by atoms with Crippen LogP contribution in [0.4, 0.5) is 5.69 Å². The highest BCUT2D eigenvalue weighted by Crippen LogP contribution is 2.23. The van der Waals surface area contributed by atoms with Gasteiger partial charge >= 0.3 is 0 Å². The van der Waals surface area contributed by atoms with E-state index in [4.69, 9.17) is 11.6 Å². The average molecular weight is 321 g/mol. The largest absolute Gasteiger partial charge is 0.279 e. The number of halogens is 1. The Morgan fingerprint density at radius 1 is 1.00 bits per heavy atom. The first-order valence-electron chi connectivity index (χ1n) is 5.89. The minimum Gasteiger partial charge on any atom is -0.279 e. The normalized spacial score (nSPS) is 11.5. The number of rotatable bonds is 3. The van der Waals surface area contributed by atoms with E-state index in [0.717, 1.165) is 0 Å². The molecule has 0 aliphatic rings. The summed E-state index contributed by atoms with van der Waals surface area (Å²) in [6, 6.07) is 6.32. The molecule has 2 heterocycles. The summed E-state index contributed by atoms with van der Waals surface area (Å²) in [5.41, 5.74) is 1.65. The van der Waals surface area contributed by atoms with E-state index in [9.17, 15) is 8.42 Å². The number of hydrogen-bond acceptors (Lipinski definition) is 5. The Bertz CT molecular complexity index is 915. The number of anilines is 1. The first-order chi connectivity index (χ1) is 10.1. The molecule has 1 aromatic carbocycles. The van der Waals surface area contributed by atoms with Crippen molar-refractivity contribution >= 4 is 38.3 Å². The summed E-state index contributed by atoms with van der Waals surface area (Å²) in [5, 5.41) is 0.109. The number of fused-ring (bicyclic) bond motifs is 1. The second kappa shape index (κ2) is 5.27. The standard InChI is InChI=1S/C13H9ClN4O2S/c14-10-3-4-15-8-13(10)21(19,20)18-9-1-2-11-12(7-9)17-6-5-16-11/h1-8,18H. The molecule has 0 amide bonds. The molecule has 0 radical (unpaired) electrons. The van der Waals surface area contributed by atoms with Crippen LogP contribution in [0.25, 0.3) is 11.0 Å². The maximum absolute atomic E-state index is 12.3. The van der Waals surface area contributed by atoms with Crippen molar-refractivity contribution in [3.05, 3.63) is 54.1 Å². The minimum absolute atomic E-state index is 0.0779. The SMILES string of the molecule is O=S(=O)(Nc1ccc2nccnc2c1)c1cnccc1Cl. The third-order valence-corrected chi connectivity index (χ3v) is 4.60. The molecular weight excluding hydrogens is 312 g/mol. The maximum Gasteiger partial charge on any atom is 0.264 e. The van der Waals surface area contributed by atoms with E-state index in [0.29, 0.717) is 16.7 Å². The van der Waals surface area contributed by atoms with Crippen LogP contribution in [0.1, 0.15) is 0 Å². The average Bonchev–Trinajstić information content (AvgIpc) is 2.47. The van der Waals surface area contributed by atoms with E-state index < -0.39 is 10.0 Å². The molecule has 1 N–H and O–H groups in total. The van der Waals surface area contributed by atoms with Crippen molar-refractivity contribution in [1.82, 2.24) is 15.0 Å². The molecule has 6 nitrogen and oxygen atoms in total. The van der Waals surface area contributed by atoms with E-state index in [1.165, 1.54) is 18.5 Å². The van der Waals surface area contributed by atoms with Crippen molar-refractivity contribution in [2.75, 3.05) is 4.72 Å². The molecule has 0 saturated carbocycles. The molecule has 21 heavy (non-hydrogen) atoms. The van der Waals surface area contributed by atoms with Crippen LogP contribution in [0, 0.1) is 0 Å². The lowest BCUT2D eigenvalue weighted by atomic mass is 10.3. The fourth-order valence-electron chi connectivity index (χ4n) is 1.80. The Balaban J connectivity index is 1.99. The highest BCUT2D eigenvalue weighted by molar-refractivity contribution is 7.92. The van der Waals surface area contributed by atoms with Gasteiger partial charge in [-0.1, -0.05) is 11.6 Å². The third-order valence-electron chi connectivity index (χ3n) is 2.75. The zero-order chi connectivity index (χ0) is 14.9. The van der Waals surface area contributed by atoms with E-state index in [2.05, 4.69) is 19.7 Å². The smallest absolute Gasteiger partial charge is 0.264 e. The van der Waals surface area contributed by atoms with Gasteiger partial charge in [-0.3, -0.25) is 19.7 Å². The van der Waals surface area contributed by atoms with Gasteiger partial charge < -0.3 is 0 Å². The van der Waals surface area contributed by atoms with Crippen LogP contribution < -0.4 is 4.72 Å². The number of hydrogen-bond donors (Lipinski definition) is 1. The molecule has 8 heteroatoms. The lowest BCUT2D eigenvalue weighted by Crippen LogP contribution is -2.13. The maximum atomic E-state index is 12.3. The lowest BCUT2D eigenvalue weighted by molar-refractivity contribution is 0.601. The number of nitrogens with zero attached hydrogens (tertiary/aromatic N) is 3. The van der Waals surface area contributed by atoms with Gasteiger partial charge in [0.25, 0.3) is 10.0 Å². The summed E-state index contributed by atoms with van der Waals surface area (Å²) in [7, 11) is -3.81. The Morgan fingerprint density at radius 2 is 1.76 bits per heavy atom. The molecule has 106 valence electrons. The summed E-state index contributed by atoms with van der Waals surface area (Å²) < 4.78 is 27.0. The van der Waals surface area contributed by atoms with Crippen molar-refractivity contribution in [1.29, 1.82) is 0 Å². The number of sulfonamides is 1. The molecule has 0 fully saturated rings. The molecule has 0 aliphatic carbocycles. The molecule has 3 rings (SSSR count). The number of benzene rings is 1. The molecule has 3 aromatic rings. The summed E-state index contributed by atoms with van der Waals surface area (Å²) >= 11 is 5.89. The number of nitrogens with one attached hydrogen (secondary N) is 1. The lowest BCUT2D eigenvalue weighted by Gasteiger charge is -2.09. The summed E-state index contributed by atoms with van der Waals surface area (Å²) in [6.07, 6.45) is 5.73. The van der Waals surface area contributed by atoms with Gasteiger partial charge in [0.1, 0.15) is 4.90 Å². The van der Waals surface area contributed by atoms with Gasteiger partial charge in [-0.2, -0.15) is 0 Å². The van der Waals surface area contributed by atoms with Gasteiger partial charge in [-0.15, -0.1) is 0 Å². The molecule has 0 spiro atoms. The Morgan fingerprint density at radius 3 is 2.52 bits per heavy atom. The van der Waals surface area contributed by atoms with Crippen LogP contribution >= 0.6 is 11.6 Å². The first kappa shape index (κ1) is 13.7. The molecule has 0 aliphatic heterocycles. The second-order valence-electron chi connectivity index (χ2n) is 4.17. The Kier molecular flexibility index (Phi) is 3.44. The van der Waals surface area contributed by atoms with Crippen molar-refractivity contribution < 1.29 is 8.42 Å².